The van der Waals surface area contributed by atoms with Gasteiger partial charge in [0.05, 0.1) is 6.20 Å². The van der Waals surface area contributed by atoms with Gasteiger partial charge >= 0.3 is 0 Å². The molecule has 2 N–H and O–H groups in total. The summed E-state index contributed by atoms with van der Waals surface area (Å²) in [7, 11) is 0. The molecular formula is C29H33N5. The molecule has 0 atom stereocenters. The standard InChI is InChI=1S/C29H33N5/c1-20(2)34-19-28(18-32-34)25-7-8-26-17-31-29(16-27(26)15-25)33-21(3)24-6-4-5-23(14-24)13-22-9-11-30-12-10-22/h4-8,14-20,22,30H,3,9-13H2,1-2H3,(H,31,33). The summed E-state index contributed by atoms with van der Waals surface area (Å²) in [5, 5.41) is 13.6. The highest BCUT2D eigenvalue weighted by Crippen LogP contribution is 2.27. The summed E-state index contributed by atoms with van der Waals surface area (Å²) in [5.74, 6) is 1.57. The molecule has 3 heterocycles. The molecule has 2 aromatic heterocycles. The summed E-state index contributed by atoms with van der Waals surface area (Å²) in [6, 6.07) is 17.6. The molecule has 2 aromatic carbocycles. The van der Waals surface area contributed by atoms with Crippen molar-refractivity contribution in [3.63, 3.8) is 0 Å². The van der Waals surface area contributed by atoms with Gasteiger partial charge in [-0.05, 0) is 92.4 Å². The maximum Gasteiger partial charge on any atom is 0.130 e. The van der Waals surface area contributed by atoms with Crippen LogP contribution in [0.3, 0.4) is 0 Å². The third-order valence-corrected chi connectivity index (χ3v) is 6.72. The second kappa shape index (κ2) is 9.82. The predicted octanol–water partition coefficient (Wildman–Crippen LogP) is 6.30. The first kappa shape index (κ1) is 22.4. The van der Waals surface area contributed by atoms with Crippen LogP contribution in [0.4, 0.5) is 5.82 Å². The Morgan fingerprint density at radius 2 is 1.91 bits per heavy atom. The normalized spacial score (nSPS) is 14.6. The molecule has 0 unspecified atom stereocenters. The molecule has 1 saturated heterocycles. The van der Waals surface area contributed by atoms with Crippen molar-refractivity contribution >= 4 is 22.3 Å². The second-order valence-electron chi connectivity index (χ2n) is 9.64. The van der Waals surface area contributed by atoms with Crippen LogP contribution in [0, 0.1) is 5.92 Å². The van der Waals surface area contributed by atoms with Gasteiger partial charge in [-0.15, -0.1) is 0 Å². The van der Waals surface area contributed by atoms with E-state index in [4.69, 9.17) is 0 Å². The average Bonchev–Trinajstić information content (AvgIpc) is 3.35. The SMILES string of the molecule is C=C(Nc1cc2cc(-c3cnn(C(C)C)c3)ccc2cn1)c1cccc(CC2CCNCC2)c1. The van der Waals surface area contributed by atoms with Gasteiger partial charge in [0.25, 0.3) is 0 Å². The molecule has 0 bridgehead atoms. The van der Waals surface area contributed by atoms with Crippen LogP contribution in [-0.2, 0) is 6.42 Å². The predicted molar refractivity (Wildman–Crippen MR) is 142 cm³/mol. The van der Waals surface area contributed by atoms with Gasteiger partial charge in [0, 0.05) is 35.1 Å². The third kappa shape index (κ3) is 5.05. The quantitative estimate of drug-likeness (QED) is 0.346. The minimum Gasteiger partial charge on any atom is -0.340 e. The molecular weight excluding hydrogens is 418 g/mol. The highest BCUT2D eigenvalue weighted by atomic mass is 15.3. The Kier molecular flexibility index (Phi) is 6.45. The lowest BCUT2D eigenvalue weighted by Gasteiger charge is -2.22. The molecule has 174 valence electrons. The monoisotopic (exact) mass is 451 g/mol. The first-order chi connectivity index (χ1) is 16.5. The number of anilines is 1. The van der Waals surface area contributed by atoms with Crippen LogP contribution in [0.1, 0.15) is 43.9 Å². The Bertz CT molecular complexity index is 1300. The number of hydrogen-bond acceptors (Lipinski definition) is 4. The van der Waals surface area contributed by atoms with Crippen molar-refractivity contribution in [3.8, 4) is 11.1 Å². The van der Waals surface area contributed by atoms with Gasteiger partial charge < -0.3 is 10.6 Å². The van der Waals surface area contributed by atoms with Gasteiger partial charge in [0.2, 0.25) is 0 Å². The fourth-order valence-corrected chi connectivity index (χ4v) is 4.69. The first-order valence-electron chi connectivity index (χ1n) is 12.3. The molecule has 34 heavy (non-hydrogen) atoms. The lowest BCUT2D eigenvalue weighted by molar-refractivity contribution is 0.372. The number of pyridine rings is 1. The minimum absolute atomic E-state index is 0.346. The molecule has 0 radical (unpaired) electrons. The smallest absolute Gasteiger partial charge is 0.130 e. The number of rotatable bonds is 7. The third-order valence-electron chi connectivity index (χ3n) is 6.72. The van der Waals surface area contributed by atoms with Crippen molar-refractivity contribution in [3.05, 3.63) is 84.8 Å². The number of piperidine rings is 1. The maximum absolute atomic E-state index is 4.62. The summed E-state index contributed by atoms with van der Waals surface area (Å²) < 4.78 is 1.99. The highest BCUT2D eigenvalue weighted by Gasteiger charge is 2.14. The zero-order chi connectivity index (χ0) is 23.5. The van der Waals surface area contributed by atoms with E-state index in [0.29, 0.717) is 6.04 Å². The number of nitrogens with one attached hydrogen (secondary N) is 2. The van der Waals surface area contributed by atoms with Crippen molar-refractivity contribution in [2.75, 3.05) is 18.4 Å². The van der Waals surface area contributed by atoms with Gasteiger partial charge in [0.15, 0.2) is 0 Å². The van der Waals surface area contributed by atoms with Gasteiger partial charge in [-0.2, -0.15) is 5.10 Å². The molecule has 4 aromatic rings. The Balaban J connectivity index is 1.33. The Hall–Kier alpha value is -3.44. The Labute approximate surface area is 201 Å². The van der Waals surface area contributed by atoms with E-state index in [9.17, 15) is 0 Å². The van der Waals surface area contributed by atoms with Crippen LogP contribution in [-0.4, -0.2) is 27.9 Å². The average molecular weight is 452 g/mol. The topological polar surface area (TPSA) is 54.8 Å². The Morgan fingerprint density at radius 3 is 2.71 bits per heavy atom. The zero-order valence-electron chi connectivity index (χ0n) is 20.1. The number of nitrogens with zero attached hydrogens (tertiary/aromatic N) is 3. The van der Waals surface area contributed by atoms with Crippen molar-refractivity contribution in [2.24, 2.45) is 5.92 Å². The van der Waals surface area contributed by atoms with Gasteiger partial charge in [-0.1, -0.05) is 36.9 Å². The fraction of sp³-hybridized carbons (Fsp3) is 0.310. The molecule has 5 rings (SSSR count). The molecule has 0 aliphatic carbocycles. The van der Waals surface area contributed by atoms with Gasteiger partial charge in [0.1, 0.15) is 5.82 Å². The van der Waals surface area contributed by atoms with E-state index < -0.39 is 0 Å². The largest absolute Gasteiger partial charge is 0.340 e. The summed E-state index contributed by atoms with van der Waals surface area (Å²) in [6.45, 7) is 10.8. The molecule has 1 aliphatic heterocycles. The van der Waals surface area contributed by atoms with Crippen LogP contribution in [0.5, 0.6) is 0 Å². The van der Waals surface area contributed by atoms with Crippen LogP contribution >= 0.6 is 0 Å². The molecule has 0 amide bonds. The van der Waals surface area contributed by atoms with Crippen LogP contribution in [0.15, 0.2) is 73.7 Å². The Morgan fingerprint density at radius 1 is 1.06 bits per heavy atom. The summed E-state index contributed by atoms with van der Waals surface area (Å²) in [4.78, 5) is 4.62. The fourth-order valence-electron chi connectivity index (χ4n) is 4.69. The van der Waals surface area contributed by atoms with E-state index in [-0.39, 0.29) is 0 Å². The van der Waals surface area contributed by atoms with Crippen molar-refractivity contribution in [1.82, 2.24) is 20.1 Å². The molecule has 0 spiro atoms. The highest BCUT2D eigenvalue weighted by molar-refractivity contribution is 5.89. The maximum atomic E-state index is 4.62. The van der Waals surface area contributed by atoms with Crippen molar-refractivity contribution in [1.29, 1.82) is 0 Å². The van der Waals surface area contributed by atoms with Gasteiger partial charge in [-0.3, -0.25) is 4.68 Å². The molecule has 1 aliphatic rings. The number of aromatic nitrogens is 3. The molecule has 5 heteroatoms. The lowest BCUT2D eigenvalue weighted by atomic mass is 9.90. The molecule has 5 nitrogen and oxygen atoms in total. The number of benzene rings is 2. The zero-order valence-corrected chi connectivity index (χ0v) is 20.1. The van der Waals surface area contributed by atoms with E-state index in [1.165, 1.54) is 18.4 Å². The summed E-state index contributed by atoms with van der Waals surface area (Å²) >= 11 is 0. The van der Waals surface area contributed by atoms with E-state index in [1.54, 1.807) is 0 Å². The van der Waals surface area contributed by atoms with Crippen molar-refractivity contribution in [2.45, 2.75) is 39.2 Å². The minimum atomic E-state index is 0.346. The second-order valence-corrected chi connectivity index (χ2v) is 9.64. The molecule has 0 saturated carbocycles. The molecule has 1 fully saturated rings. The van der Waals surface area contributed by atoms with Crippen LogP contribution in [0.25, 0.3) is 27.6 Å². The lowest BCUT2D eigenvalue weighted by Crippen LogP contribution is -2.28. The van der Waals surface area contributed by atoms with E-state index in [1.807, 2.05) is 17.1 Å². The van der Waals surface area contributed by atoms with Crippen LogP contribution < -0.4 is 10.6 Å². The summed E-state index contributed by atoms with van der Waals surface area (Å²) in [6.07, 6.45) is 9.59. The number of fused-ring (bicyclic) bond motifs is 1. The van der Waals surface area contributed by atoms with Crippen LogP contribution in [0.2, 0.25) is 0 Å². The van der Waals surface area contributed by atoms with Crippen molar-refractivity contribution < 1.29 is 0 Å². The van der Waals surface area contributed by atoms with E-state index in [0.717, 1.165) is 64.4 Å². The first-order valence-corrected chi connectivity index (χ1v) is 12.3. The van der Waals surface area contributed by atoms with E-state index >= 15 is 0 Å². The van der Waals surface area contributed by atoms with E-state index in [2.05, 4.69) is 95.9 Å². The van der Waals surface area contributed by atoms with Gasteiger partial charge in [-0.25, -0.2) is 4.98 Å². The summed E-state index contributed by atoms with van der Waals surface area (Å²) in [5.41, 5.74) is 5.64. The number of hydrogen-bond donors (Lipinski definition) is 2.